The maximum absolute atomic E-state index is 13.0. The minimum atomic E-state index is -0.00152. The van der Waals surface area contributed by atoms with Crippen LogP contribution in [0.15, 0.2) is 36.4 Å². The Morgan fingerprint density at radius 3 is 2.48 bits per heavy atom. The van der Waals surface area contributed by atoms with Crippen LogP contribution < -0.4 is 9.80 Å². The second kappa shape index (κ2) is 8.84. The van der Waals surface area contributed by atoms with E-state index < -0.39 is 0 Å². The number of nitrogens with zero attached hydrogens (tertiary/aromatic N) is 5. The normalized spacial score (nSPS) is 14.3. The van der Waals surface area contributed by atoms with Gasteiger partial charge in [-0.05, 0) is 31.5 Å². The fourth-order valence-electron chi connectivity index (χ4n) is 3.30. The van der Waals surface area contributed by atoms with Crippen LogP contribution in [-0.4, -0.2) is 60.5 Å². The van der Waals surface area contributed by atoms with E-state index in [0.29, 0.717) is 24.7 Å². The van der Waals surface area contributed by atoms with Crippen molar-refractivity contribution in [2.24, 2.45) is 0 Å². The van der Waals surface area contributed by atoms with Gasteiger partial charge in [-0.25, -0.2) is 9.97 Å². The van der Waals surface area contributed by atoms with E-state index in [-0.39, 0.29) is 5.91 Å². The van der Waals surface area contributed by atoms with Crippen LogP contribution in [0.1, 0.15) is 35.9 Å². The van der Waals surface area contributed by atoms with Gasteiger partial charge in [0.15, 0.2) is 0 Å². The summed E-state index contributed by atoms with van der Waals surface area (Å²) in [6.45, 7) is 8.06. The Morgan fingerprint density at radius 1 is 1.11 bits per heavy atom. The lowest BCUT2D eigenvalue weighted by Crippen LogP contribution is -2.49. The van der Waals surface area contributed by atoms with E-state index in [1.165, 1.54) is 5.69 Å². The molecule has 0 spiro atoms. The SMILES string of the molecule is CCCCN(C)c1nc(C)cc(C(=O)N2CCN(c3ccccc3)CC2)n1. The summed E-state index contributed by atoms with van der Waals surface area (Å²) >= 11 is 0. The highest BCUT2D eigenvalue weighted by Crippen LogP contribution is 2.17. The second-order valence-electron chi connectivity index (χ2n) is 7.08. The van der Waals surface area contributed by atoms with Gasteiger partial charge < -0.3 is 14.7 Å². The van der Waals surface area contributed by atoms with Crippen molar-refractivity contribution >= 4 is 17.5 Å². The summed E-state index contributed by atoms with van der Waals surface area (Å²) in [6.07, 6.45) is 2.20. The number of benzene rings is 1. The molecule has 27 heavy (non-hydrogen) atoms. The molecule has 1 aliphatic heterocycles. The molecular formula is C21H29N5O. The molecule has 0 bridgehead atoms. The highest BCUT2D eigenvalue weighted by molar-refractivity contribution is 5.92. The number of carbonyl (C=O) groups is 1. The van der Waals surface area contributed by atoms with Gasteiger partial charge in [0.25, 0.3) is 5.91 Å². The lowest BCUT2D eigenvalue weighted by Gasteiger charge is -2.36. The third-order valence-electron chi connectivity index (χ3n) is 4.94. The largest absolute Gasteiger partial charge is 0.368 e. The van der Waals surface area contributed by atoms with Gasteiger partial charge in [0.2, 0.25) is 5.95 Å². The first-order valence-electron chi connectivity index (χ1n) is 9.74. The fourth-order valence-corrected chi connectivity index (χ4v) is 3.30. The highest BCUT2D eigenvalue weighted by atomic mass is 16.2. The van der Waals surface area contributed by atoms with Gasteiger partial charge >= 0.3 is 0 Å². The molecule has 0 aliphatic carbocycles. The molecule has 0 N–H and O–H groups in total. The smallest absolute Gasteiger partial charge is 0.272 e. The van der Waals surface area contributed by atoms with E-state index in [1.807, 2.05) is 42.0 Å². The summed E-state index contributed by atoms with van der Waals surface area (Å²) in [5.41, 5.74) is 2.53. The van der Waals surface area contributed by atoms with Crippen molar-refractivity contribution in [2.75, 3.05) is 49.6 Å². The van der Waals surface area contributed by atoms with Crippen LogP contribution in [-0.2, 0) is 0 Å². The number of unbranched alkanes of at least 4 members (excludes halogenated alkanes) is 1. The summed E-state index contributed by atoms with van der Waals surface area (Å²) in [5, 5.41) is 0. The van der Waals surface area contributed by atoms with Crippen molar-refractivity contribution < 1.29 is 4.79 Å². The van der Waals surface area contributed by atoms with Crippen molar-refractivity contribution in [3.63, 3.8) is 0 Å². The third-order valence-corrected chi connectivity index (χ3v) is 4.94. The minimum Gasteiger partial charge on any atom is -0.368 e. The molecule has 0 unspecified atom stereocenters. The number of piperazine rings is 1. The molecule has 144 valence electrons. The van der Waals surface area contributed by atoms with E-state index in [0.717, 1.165) is 38.2 Å². The quantitative estimate of drug-likeness (QED) is 0.786. The predicted molar refractivity (Wildman–Crippen MR) is 110 cm³/mol. The number of amides is 1. The van der Waals surface area contributed by atoms with Crippen molar-refractivity contribution in [1.29, 1.82) is 0 Å². The molecule has 1 aliphatic rings. The van der Waals surface area contributed by atoms with Crippen LogP contribution >= 0.6 is 0 Å². The van der Waals surface area contributed by atoms with E-state index in [9.17, 15) is 4.79 Å². The third kappa shape index (κ3) is 4.76. The molecule has 6 heteroatoms. The highest BCUT2D eigenvalue weighted by Gasteiger charge is 2.24. The summed E-state index contributed by atoms with van der Waals surface area (Å²) in [4.78, 5) is 28.3. The zero-order chi connectivity index (χ0) is 19.2. The molecule has 1 aromatic carbocycles. The molecule has 1 fully saturated rings. The van der Waals surface area contributed by atoms with Crippen LogP contribution in [0.3, 0.4) is 0 Å². The predicted octanol–water partition coefficient (Wildman–Crippen LogP) is 2.98. The number of carbonyl (C=O) groups excluding carboxylic acids is 1. The Hall–Kier alpha value is -2.63. The summed E-state index contributed by atoms with van der Waals surface area (Å²) in [6, 6.07) is 12.1. The van der Waals surface area contributed by atoms with Gasteiger partial charge in [-0.2, -0.15) is 0 Å². The van der Waals surface area contributed by atoms with Crippen LogP contribution in [0.25, 0.3) is 0 Å². The number of aromatic nitrogens is 2. The number of rotatable bonds is 6. The number of hydrogen-bond acceptors (Lipinski definition) is 5. The van der Waals surface area contributed by atoms with Gasteiger partial charge in [0.1, 0.15) is 5.69 Å². The first kappa shape index (κ1) is 19.1. The van der Waals surface area contributed by atoms with Crippen molar-refractivity contribution in [2.45, 2.75) is 26.7 Å². The maximum Gasteiger partial charge on any atom is 0.272 e. The van der Waals surface area contributed by atoms with Crippen molar-refractivity contribution in [3.8, 4) is 0 Å². The molecule has 0 saturated carbocycles. The van der Waals surface area contributed by atoms with Crippen LogP contribution in [0.4, 0.5) is 11.6 Å². The van der Waals surface area contributed by atoms with E-state index in [4.69, 9.17) is 0 Å². The monoisotopic (exact) mass is 367 g/mol. The Kier molecular flexibility index (Phi) is 6.27. The zero-order valence-electron chi connectivity index (χ0n) is 16.6. The Morgan fingerprint density at radius 2 is 1.81 bits per heavy atom. The summed E-state index contributed by atoms with van der Waals surface area (Å²) in [5.74, 6) is 0.632. The lowest BCUT2D eigenvalue weighted by molar-refractivity contribution is 0.0740. The minimum absolute atomic E-state index is 0.00152. The molecule has 2 aromatic rings. The summed E-state index contributed by atoms with van der Waals surface area (Å²) in [7, 11) is 1.98. The topological polar surface area (TPSA) is 52.6 Å². The van der Waals surface area contributed by atoms with Gasteiger partial charge in [0, 0.05) is 51.2 Å². The molecule has 0 radical (unpaired) electrons. The number of hydrogen-bond donors (Lipinski definition) is 0. The number of aryl methyl sites for hydroxylation is 1. The molecule has 6 nitrogen and oxygen atoms in total. The molecule has 1 amide bonds. The molecular weight excluding hydrogens is 338 g/mol. The van der Waals surface area contributed by atoms with Crippen LogP contribution in [0.5, 0.6) is 0 Å². The van der Waals surface area contributed by atoms with Crippen LogP contribution in [0.2, 0.25) is 0 Å². The standard InChI is InChI=1S/C21H29N5O/c1-4-5-11-24(3)21-22-17(2)16-19(23-21)20(27)26-14-12-25(13-15-26)18-9-7-6-8-10-18/h6-10,16H,4-5,11-15H2,1-3H3. The Balaban J connectivity index is 1.67. The molecule has 0 atom stereocenters. The molecule has 1 aromatic heterocycles. The Bertz CT molecular complexity index is 756. The first-order valence-corrected chi connectivity index (χ1v) is 9.74. The average Bonchev–Trinajstić information content (AvgIpc) is 2.71. The molecule has 1 saturated heterocycles. The van der Waals surface area contributed by atoms with E-state index in [1.54, 1.807) is 6.07 Å². The zero-order valence-corrected chi connectivity index (χ0v) is 16.6. The average molecular weight is 367 g/mol. The molecule has 2 heterocycles. The number of para-hydroxylation sites is 1. The van der Waals surface area contributed by atoms with Crippen molar-refractivity contribution in [1.82, 2.24) is 14.9 Å². The van der Waals surface area contributed by atoms with Crippen molar-refractivity contribution in [3.05, 3.63) is 47.8 Å². The van der Waals surface area contributed by atoms with Crippen LogP contribution in [0, 0.1) is 6.92 Å². The maximum atomic E-state index is 13.0. The second-order valence-corrected chi connectivity index (χ2v) is 7.08. The first-order chi connectivity index (χ1) is 13.1. The lowest BCUT2D eigenvalue weighted by atomic mass is 10.2. The summed E-state index contributed by atoms with van der Waals surface area (Å²) < 4.78 is 0. The number of anilines is 2. The Labute approximate surface area is 161 Å². The molecule has 3 rings (SSSR count). The van der Waals surface area contributed by atoms with Gasteiger partial charge in [-0.15, -0.1) is 0 Å². The van der Waals surface area contributed by atoms with E-state index in [2.05, 4.69) is 33.9 Å². The fraction of sp³-hybridized carbons (Fsp3) is 0.476. The van der Waals surface area contributed by atoms with Gasteiger partial charge in [0.05, 0.1) is 0 Å². The van der Waals surface area contributed by atoms with Gasteiger partial charge in [-0.1, -0.05) is 31.5 Å². The van der Waals surface area contributed by atoms with Gasteiger partial charge in [-0.3, -0.25) is 4.79 Å². The van der Waals surface area contributed by atoms with E-state index >= 15 is 0 Å².